The number of hydrogen-bond acceptors (Lipinski definition) is 3. The number of hydrogen-bond donors (Lipinski definition) is 0. The Hall–Kier alpha value is -1.87. The normalized spacial score (nSPS) is 19.4. The molecule has 1 aliphatic rings. The zero-order valence-electron chi connectivity index (χ0n) is 12.7. The molecule has 3 nitrogen and oxygen atoms in total. The van der Waals surface area contributed by atoms with Gasteiger partial charge >= 0.3 is 0 Å². The molecular formula is C18H22N2O. The maximum absolute atomic E-state index is 5.30. The van der Waals surface area contributed by atoms with Crippen LogP contribution in [0, 0.1) is 0 Å². The van der Waals surface area contributed by atoms with Crippen molar-refractivity contribution in [1.82, 2.24) is 9.88 Å². The van der Waals surface area contributed by atoms with Gasteiger partial charge in [-0.2, -0.15) is 0 Å². The van der Waals surface area contributed by atoms with Crippen molar-refractivity contribution in [3.05, 3.63) is 48.2 Å². The summed E-state index contributed by atoms with van der Waals surface area (Å²) in [5.74, 6) is 1.42. The van der Waals surface area contributed by atoms with Crippen molar-refractivity contribution in [2.45, 2.75) is 18.8 Å². The van der Waals surface area contributed by atoms with Crippen LogP contribution in [0.2, 0.25) is 0 Å². The first-order valence-electron chi connectivity index (χ1n) is 7.56. The Morgan fingerprint density at radius 2 is 2.05 bits per heavy atom. The lowest BCUT2D eigenvalue weighted by Crippen LogP contribution is -2.31. The van der Waals surface area contributed by atoms with E-state index in [1.807, 2.05) is 18.2 Å². The highest BCUT2D eigenvalue weighted by Crippen LogP contribution is 2.28. The molecule has 3 heteroatoms. The SMILES string of the molecule is COc1cccc(-c2cccc([C@@H]3CCCN(C)C3)n2)c1. The molecule has 2 aromatic rings. The molecule has 1 aliphatic heterocycles. The van der Waals surface area contributed by atoms with Crippen molar-refractivity contribution in [3.63, 3.8) is 0 Å². The van der Waals surface area contributed by atoms with Gasteiger partial charge in [-0.05, 0) is 50.7 Å². The molecule has 0 saturated carbocycles. The zero-order chi connectivity index (χ0) is 14.7. The molecule has 21 heavy (non-hydrogen) atoms. The summed E-state index contributed by atoms with van der Waals surface area (Å²) in [4.78, 5) is 7.29. The molecule has 1 aromatic carbocycles. The maximum Gasteiger partial charge on any atom is 0.119 e. The van der Waals surface area contributed by atoms with E-state index in [-0.39, 0.29) is 0 Å². The topological polar surface area (TPSA) is 25.4 Å². The van der Waals surface area contributed by atoms with Gasteiger partial charge in [-0.25, -0.2) is 0 Å². The summed E-state index contributed by atoms with van der Waals surface area (Å²) in [5.41, 5.74) is 3.35. The Morgan fingerprint density at radius 1 is 1.19 bits per heavy atom. The van der Waals surface area contributed by atoms with Gasteiger partial charge in [-0.1, -0.05) is 18.2 Å². The number of aromatic nitrogens is 1. The molecule has 2 heterocycles. The molecule has 1 saturated heterocycles. The van der Waals surface area contributed by atoms with Crippen molar-refractivity contribution in [3.8, 4) is 17.0 Å². The number of ether oxygens (including phenoxy) is 1. The third-order valence-corrected chi connectivity index (χ3v) is 4.18. The highest BCUT2D eigenvalue weighted by Gasteiger charge is 2.20. The van der Waals surface area contributed by atoms with E-state index in [9.17, 15) is 0 Å². The van der Waals surface area contributed by atoms with Crippen LogP contribution in [0.15, 0.2) is 42.5 Å². The van der Waals surface area contributed by atoms with Crippen LogP contribution in [0.25, 0.3) is 11.3 Å². The van der Waals surface area contributed by atoms with Crippen molar-refractivity contribution < 1.29 is 4.74 Å². The van der Waals surface area contributed by atoms with E-state index in [1.54, 1.807) is 7.11 Å². The zero-order valence-corrected chi connectivity index (χ0v) is 12.7. The smallest absolute Gasteiger partial charge is 0.119 e. The van der Waals surface area contributed by atoms with Crippen LogP contribution >= 0.6 is 0 Å². The van der Waals surface area contributed by atoms with Gasteiger partial charge in [0.1, 0.15) is 5.75 Å². The second-order valence-electron chi connectivity index (χ2n) is 5.78. The van der Waals surface area contributed by atoms with Gasteiger partial charge in [-0.15, -0.1) is 0 Å². The van der Waals surface area contributed by atoms with E-state index >= 15 is 0 Å². The first-order valence-corrected chi connectivity index (χ1v) is 7.56. The minimum atomic E-state index is 0.550. The lowest BCUT2D eigenvalue weighted by Gasteiger charge is -2.29. The molecule has 0 aliphatic carbocycles. The van der Waals surface area contributed by atoms with E-state index in [0.717, 1.165) is 23.6 Å². The van der Waals surface area contributed by atoms with E-state index in [2.05, 4.69) is 36.2 Å². The van der Waals surface area contributed by atoms with Crippen molar-refractivity contribution >= 4 is 0 Å². The largest absolute Gasteiger partial charge is 0.497 e. The van der Waals surface area contributed by atoms with Crippen molar-refractivity contribution in [1.29, 1.82) is 0 Å². The van der Waals surface area contributed by atoms with Crippen LogP contribution in [0.4, 0.5) is 0 Å². The van der Waals surface area contributed by atoms with E-state index in [0.29, 0.717) is 5.92 Å². The van der Waals surface area contributed by atoms with E-state index < -0.39 is 0 Å². The number of likely N-dealkylation sites (N-methyl/N-ethyl adjacent to an activating group) is 1. The number of methoxy groups -OCH3 is 1. The molecule has 110 valence electrons. The third kappa shape index (κ3) is 3.24. The summed E-state index contributed by atoms with van der Waals surface area (Å²) in [6, 6.07) is 14.4. The van der Waals surface area contributed by atoms with Crippen molar-refractivity contribution in [2.75, 3.05) is 27.2 Å². The minimum Gasteiger partial charge on any atom is -0.497 e. The second kappa shape index (κ2) is 6.27. The predicted octanol–water partition coefficient (Wildman–Crippen LogP) is 3.57. The number of piperidine rings is 1. The van der Waals surface area contributed by atoms with Crippen LogP contribution in [0.5, 0.6) is 5.75 Å². The molecule has 1 atom stereocenters. The Morgan fingerprint density at radius 3 is 2.86 bits per heavy atom. The first-order chi connectivity index (χ1) is 10.3. The number of nitrogens with zero attached hydrogens (tertiary/aromatic N) is 2. The standard InChI is InChI=1S/C18H22N2O/c1-20-11-5-7-15(13-20)18-10-4-9-17(19-18)14-6-3-8-16(12-14)21-2/h3-4,6,8-10,12,15H,5,7,11,13H2,1-2H3/t15-/m1/s1. The van der Waals surface area contributed by atoms with Gasteiger partial charge in [0.25, 0.3) is 0 Å². The van der Waals surface area contributed by atoms with Crippen LogP contribution in [0.3, 0.4) is 0 Å². The fourth-order valence-electron chi connectivity index (χ4n) is 3.03. The summed E-state index contributed by atoms with van der Waals surface area (Å²) < 4.78 is 5.30. The highest BCUT2D eigenvalue weighted by atomic mass is 16.5. The molecule has 0 amide bonds. The number of benzene rings is 1. The molecule has 0 unspecified atom stereocenters. The predicted molar refractivity (Wildman–Crippen MR) is 85.7 cm³/mol. The number of rotatable bonds is 3. The quantitative estimate of drug-likeness (QED) is 0.860. The molecule has 1 fully saturated rings. The summed E-state index contributed by atoms with van der Waals surface area (Å²) in [5, 5.41) is 0. The second-order valence-corrected chi connectivity index (χ2v) is 5.78. The summed E-state index contributed by atoms with van der Waals surface area (Å²) in [6.45, 7) is 2.31. The molecule has 3 rings (SSSR count). The molecule has 0 N–H and O–H groups in total. The van der Waals surface area contributed by atoms with Crippen LogP contribution < -0.4 is 4.74 Å². The van der Waals surface area contributed by atoms with Crippen LogP contribution in [-0.4, -0.2) is 37.1 Å². The Balaban J connectivity index is 1.88. The molecule has 0 radical (unpaired) electrons. The summed E-state index contributed by atoms with van der Waals surface area (Å²) >= 11 is 0. The van der Waals surface area contributed by atoms with Gasteiger partial charge in [0.15, 0.2) is 0 Å². The Kier molecular flexibility index (Phi) is 4.20. The first kappa shape index (κ1) is 14.1. The average Bonchev–Trinajstić information content (AvgIpc) is 2.55. The van der Waals surface area contributed by atoms with Gasteiger partial charge in [0, 0.05) is 23.7 Å². The van der Waals surface area contributed by atoms with E-state index in [4.69, 9.17) is 9.72 Å². The number of pyridine rings is 1. The molecular weight excluding hydrogens is 260 g/mol. The van der Waals surface area contributed by atoms with Gasteiger partial charge in [0.05, 0.1) is 12.8 Å². The number of likely N-dealkylation sites (tertiary alicyclic amines) is 1. The molecule has 0 bridgehead atoms. The lowest BCUT2D eigenvalue weighted by atomic mass is 9.94. The summed E-state index contributed by atoms with van der Waals surface area (Å²) in [6.07, 6.45) is 2.49. The minimum absolute atomic E-state index is 0.550. The monoisotopic (exact) mass is 282 g/mol. The average molecular weight is 282 g/mol. The third-order valence-electron chi connectivity index (χ3n) is 4.18. The van der Waals surface area contributed by atoms with Gasteiger partial charge in [0.2, 0.25) is 0 Å². The summed E-state index contributed by atoms with van der Waals surface area (Å²) in [7, 11) is 3.89. The fraction of sp³-hybridized carbons (Fsp3) is 0.389. The molecule has 1 aromatic heterocycles. The van der Waals surface area contributed by atoms with Gasteiger partial charge < -0.3 is 9.64 Å². The van der Waals surface area contributed by atoms with E-state index in [1.165, 1.54) is 25.1 Å². The Labute approximate surface area is 126 Å². The van der Waals surface area contributed by atoms with Crippen molar-refractivity contribution in [2.24, 2.45) is 0 Å². The Bertz CT molecular complexity index is 612. The van der Waals surface area contributed by atoms with Crippen LogP contribution in [-0.2, 0) is 0 Å². The van der Waals surface area contributed by atoms with Gasteiger partial charge in [-0.3, -0.25) is 4.98 Å². The molecule has 0 spiro atoms. The van der Waals surface area contributed by atoms with Crippen LogP contribution in [0.1, 0.15) is 24.5 Å². The lowest BCUT2D eigenvalue weighted by molar-refractivity contribution is 0.248. The highest BCUT2D eigenvalue weighted by molar-refractivity contribution is 5.61. The maximum atomic E-state index is 5.30. The fourth-order valence-corrected chi connectivity index (χ4v) is 3.03.